The number of nitrogens with one attached hydrogen (secondary N) is 6. The maximum absolute atomic E-state index is 12.8. The normalized spacial score (nSPS) is 37.0. The standard InChI is InChI=1S/C41H68N6O22S/c1-17(51)44-28-19(52)11-41(39(62)63,68-35(28)29(57)20(53)13-48)69-36-30(58)21(14-49)66-38(33(36)61)67-34-22(15-50)65-37(32(60)31(34)59)46-26(56)12-43-25(55)8-3-2-6-10-42-24(54)9-5-4-7-23-27-18(16-70-23)45-40(64)47-27/h18-23,27-38,48-50,52-53,57-61H,2-16H2,1H3,(H,42,54)(H,43,55)(H,44,51)(H,46,56)(H,62,63)(H2,45,47,64)/t18-,19?,20+,21?,22?,23-,27-,28?,29+,30?,31?,32?,33?,34?,35?,36?,37?,38?,41?/m0/s1. The molecule has 28 nitrogen and oxygen atoms in total. The molecule has 6 amide bonds. The summed E-state index contributed by atoms with van der Waals surface area (Å²) >= 11 is 1.83. The van der Waals surface area contributed by atoms with Gasteiger partial charge < -0.3 is 112 Å². The molecule has 5 saturated heterocycles. The lowest BCUT2D eigenvalue weighted by atomic mass is 9.88. The zero-order valence-corrected chi connectivity index (χ0v) is 39.1. The van der Waals surface area contributed by atoms with Gasteiger partial charge in [0, 0.05) is 43.7 Å². The number of carboxylic acids is 1. The van der Waals surface area contributed by atoms with Crippen LogP contribution in [-0.2, 0) is 47.7 Å². The Balaban J connectivity index is 1.06. The number of aliphatic hydroxyl groups excluding tert-OH is 10. The largest absolute Gasteiger partial charge is 0.477 e. The van der Waals surface area contributed by atoms with E-state index in [2.05, 4.69) is 31.9 Å². The Hall–Kier alpha value is -3.63. The molecule has 14 unspecified atom stereocenters. The Bertz CT molecular complexity index is 1780. The van der Waals surface area contributed by atoms with Gasteiger partial charge in [-0.1, -0.05) is 12.8 Å². The number of unbranched alkanes of at least 4 members (excludes halogenated alkanes) is 3. The molecule has 0 aromatic heterocycles. The van der Waals surface area contributed by atoms with E-state index < -0.39 is 154 Å². The fraction of sp³-hybridized carbons (Fsp3) is 0.854. The zero-order valence-electron chi connectivity index (χ0n) is 38.3. The molecule has 5 fully saturated rings. The summed E-state index contributed by atoms with van der Waals surface area (Å²) in [4.78, 5) is 73.8. The molecule has 0 spiro atoms. The quantitative estimate of drug-likeness (QED) is 0.0298. The fourth-order valence-electron chi connectivity index (χ4n) is 8.96. The summed E-state index contributed by atoms with van der Waals surface area (Å²) in [6.07, 6.45) is -24.0. The van der Waals surface area contributed by atoms with Crippen LogP contribution in [0.2, 0.25) is 0 Å². The number of carbonyl (C=O) groups excluding carboxylic acids is 5. The van der Waals surface area contributed by atoms with Gasteiger partial charge in [-0.25, -0.2) is 9.59 Å². The molecule has 70 heavy (non-hydrogen) atoms. The maximum atomic E-state index is 12.8. The molecule has 0 bridgehead atoms. The first-order valence-corrected chi connectivity index (χ1v) is 24.2. The van der Waals surface area contributed by atoms with Crippen molar-refractivity contribution >= 4 is 47.4 Å². The molecule has 5 aliphatic heterocycles. The SMILES string of the molecule is CC(=O)NC1C(O)CC(OC2C(O)C(CO)OC(OC3C(CO)OC(NC(=O)CNC(=O)CCCCCNC(=O)CCCC[C@@H]4SC[C@@H]5NC(=O)N[C@@H]54)C(O)C3O)C2O)(C(=O)O)OC1[C@H](O)[C@H](O)CO. The van der Waals surface area contributed by atoms with Gasteiger partial charge in [-0.15, -0.1) is 0 Å². The molecule has 400 valence electrons. The second-order valence-corrected chi connectivity index (χ2v) is 19.2. The Labute approximate surface area is 405 Å². The molecule has 0 aromatic rings. The Morgan fingerprint density at radius 1 is 0.814 bits per heavy atom. The number of thioether (sulfide) groups is 1. The van der Waals surface area contributed by atoms with E-state index in [4.69, 9.17) is 23.7 Å². The van der Waals surface area contributed by atoms with E-state index in [1.54, 1.807) is 0 Å². The highest BCUT2D eigenvalue weighted by atomic mass is 32.2. The fourth-order valence-corrected chi connectivity index (χ4v) is 10.5. The molecule has 0 aliphatic carbocycles. The molecule has 29 heteroatoms. The summed E-state index contributed by atoms with van der Waals surface area (Å²) in [5, 5.41) is 133. The lowest BCUT2D eigenvalue weighted by molar-refractivity contribution is -0.381. The van der Waals surface area contributed by atoms with Crippen molar-refractivity contribution in [3.05, 3.63) is 0 Å². The minimum Gasteiger partial charge on any atom is -0.477 e. The van der Waals surface area contributed by atoms with Crippen molar-refractivity contribution in [2.45, 2.75) is 180 Å². The van der Waals surface area contributed by atoms with Crippen molar-refractivity contribution in [2.75, 3.05) is 38.7 Å². The third kappa shape index (κ3) is 14.5. The molecular weight excluding hydrogens is 961 g/mol. The van der Waals surface area contributed by atoms with Gasteiger partial charge >= 0.3 is 12.0 Å². The highest BCUT2D eigenvalue weighted by molar-refractivity contribution is 8.00. The Kier molecular flexibility index (Phi) is 21.6. The second-order valence-electron chi connectivity index (χ2n) is 17.9. The number of hydrogen-bond donors (Lipinski definition) is 17. The van der Waals surface area contributed by atoms with Crippen molar-refractivity contribution < 1.29 is 109 Å². The average molecular weight is 1030 g/mol. The number of aliphatic carboxylic acids is 1. The monoisotopic (exact) mass is 1030 g/mol. The van der Waals surface area contributed by atoms with Crippen LogP contribution in [-0.4, -0.2) is 245 Å². The average Bonchev–Trinajstić information content (AvgIpc) is 3.88. The van der Waals surface area contributed by atoms with Crippen LogP contribution < -0.4 is 31.9 Å². The number of aliphatic hydroxyl groups is 10. The van der Waals surface area contributed by atoms with E-state index in [0.29, 0.717) is 37.5 Å². The zero-order chi connectivity index (χ0) is 51.4. The van der Waals surface area contributed by atoms with Crippen LogP contribution in [0, 0.1) is 0 Å². The van der Waals surface area contributed by atoms with E-state index in [0.717, 1.165) is 31.9 Å². The summed E-state index contributed by atoms with van der Waals surface area (Å²) in [5.41, 5.74) is 0. The van der Waals surface area contributed by atoms with Gasteiger partial charge in [-0.2, -0.15) is 11.8 Å². The van der Waals surface area contributed by atoms with E-state index >= 15 is 0 Å². The van der Waals surface area contributed by atoms with Crippen LogP contribution in [0.4, 0.5) is 4.79 Å². The van der Waals surface area contributed by atoms with Gasteiger partial charge in [0.25, 0.3) is 5.79 Å². The summed E-state index contributed by atoms with van der Waals surface area (Å²) in [6.45, 7) is -2.18. The molecule has 0 aromatic carbocycles. The van der Waals surface area contributed by atoms with Crippen LogP contribution in [0.25, 0.3) is 0 Å². The lowest BCUT2D eigenvalue weighted by Crippen LogP contribution is -2.71. The number of amides is 6. The third-order valence-electron chi connectivity index (χ3n) is 12.7. The van der Waals surface area contributed by atoms with E-state index in [1.807, 2.05) is 11.8 Å². The number of ether oxygens (including phenoxy) is 5. The van der Waals surface area contributed by atoms with Gasteiger partial charge in [0.05, 0.1) is 50.6 Å². The first kappa shape index (κ1) is 57.3. The van der Waals surface area contributed by atoms with E-state index in [9.17, 15) is 84.9 Å². The lowest BCUT2D eigenvalue weighted by Gasteiger charge is -2.50. The predicted molar refractivity (Wildman–Crippen MR) is 234 cm³/mol. The molecule has 5 heterocycles. The first-order chi connectivity index (χ1) is 33.2. The van der Waals surface area contributed by atoms with Crippen LogP contribution in [0.15, 0.2) is 0 Å². The summed E-state index contributed by atoms with van der Waals surface area (Å²) < 4.78 is 28.0. The molecule has 5 rings (SSSR count). The topological polar surface area (TPSA) is 443 Å². The van der Waals surface area contributed by atoms with Gasteiger partial charge in [0.1, 0.15) is 67.1 Å². The summed E-state index contributed by atoms with van der Waals surface area (Å²) in [5.74, 6) is -6.41. The van der Waals surface area contributed by atoms with Gasteiger partial charge in [-0.3, -0.25) is 19.2 Å². The van der Waals surface area contributed by atoms with Crippen LogP contribution in [0.3, 0.4) is 0 Å². The number of carboxylic acid groups (broad SMARTS) is 1. The van der Waals surface area contributed by atoms with Gasteiger partial charge in [0.2, 0.25) is 23.6 Å². The summed E-state index contributed by atoms with van der Waals surface area (Å²) in [7, 11) is 0. The summed E-state index contributed by atoms with van der Waals surface area (Å²) in [6, 6.07) is -1.44. The van der Waals surface area contributed by atoms with Crippen molar-refractivity contribution in [3.63, 3.8) is 0 Å². The van der Waals surface area contributed by atoms with Gasteiger partial charge in [-0.05, 0) is 25.7 Å². The molecule has 19 atom stereocenters. The molecule has 5 aliphatic rings. The predicted octanol–water partition coefficient (Wildman–Crippen LogP) is -7.58. The van der Waals surface area contributed by atoms with E-state index in [-0.39, 0.29) is 30.4 Å². The molecule has 0 radical (unpaired) electrons. The molecule has 0 saturated carbocycles. The van der Waals surface area contributed by atoms with Crippen molar-refractivity contribution in [1.29, 1.82) is 0 Å². The maximum Gasteiger partial charge on any atom is 0.364 e. The Morgan fingerprint density at radius 3 is 2.16 bits per heavy atom. The number of carbonyl (C=O) groups is 6. The van der Waals surface area contributed by atoms with Gasteiger partial charge in [0.15, 0.2) is 12.5 Å². The van der Waals surface area contributed by atoms with Crippen molar-refractivity contribution in [3.8, 4) is 0 Å². The number of rotatable bonds is 25. The molecule has 17 N–H and O–H groups in total. The van der Waals surface area contributed by atoms with Crippen molar-refractivity contribution in [1.82, 2.24) is 31.9 Å². The molecular formula is C41H68N6O22S. The highest BCUT2D eigenvalue weighted by Crippen LogP contribution is 2.38. The number of hydrogen-bond acceptors (Lipinski definition) is 22. The smallest absolute Gasteiger partial charge is 0.364 e. The van der Waals surface area contributed by atoms with Crippen LogP contribution in [0.1, 0.15) is 64.7 Å². The van der Waals surface area contributed by atoms with Crippen LogP contribution >= 0.6 is 11.8 Å². The van der Waals surface area contributed by atoms with Crippen LogP contribution in [0.5, 0.6) is 0 Å². The van der Waals surface area contributed by atoms with E-state index in [1.165, 1.54) is 0 Å². The third-order valence-corrected chi connectivity index (χ3v) is 14.2. The number of fused-ring (bicyclic) bond motifs is 1. The first-order valence-electron chi connectivity index (χ1n) is 23.2. The highest BCUT2D eigenvalue weighted by Gasteiger charge is 2.60. The Morgan fingerprint density at radius 2 is 1.50 bits per heavy atom. The minimum absolute atomic E-state index is 0.0595. The second kappa shape index (κ2) is 26.4. The van der Waals surface area contributed by atoms with Crippen molar-refractivity contribution in [2.24, 2.45) is 0 Å². The number of urea groups is 1. The minimum atomic E-state index is -3.09.